The summed E-state index contributed by atoms with van der Waals surface area (Å²) in [6, 6.07) is 34.0. The highest BCUT2D eigenvalue weighted by atomic mass is 16.3. The van der Waals surface area contributed by atoms with Crippen molar-refractivity contribution in [2.75, 3.05) is 0 Å². The van der Waals surface area contributed by atoms with Gasteiger partial charge >= 0.3 is 0 Å². The quantitative estimate of drug-likeness (QED) is 0.151. The molecular weight excluding hydrogens is 721 g/mol. The Morgan fingerprint density at radius 2 is 1.25 bits per heavy atom. The van der Waals surface area contributed by atoms with Gasteiger partial charge in [0, 0.05) is 39.6 Å². The van der Waals surface area contributed by atoms with Crippen molar-refractivity contribution in [3.8, 4) is 39.5 Å². The van der Waals surface area contributed by atoms with Gasteiger partial charge in [-0.2, -0.15) is 4.57 Å². The first kappa shape index (κ1) is 40.2. The predicted molar refractivity (Wildman–Crippen MR) is 248 cm³/mol. The van der Waals surface area contributed by atoms with Crippen LogP contribution in [0.3, 0.4) is 0 Å². The molecule has 59 heavy (non-hydrogen) atoms. The zero-order valence-electron chi connectivity index (χ0n) is 37.7. The normalized spacial score (nSPS) is 12.7. The minimum absolute atomic E-state index is 0.0235. The van der Waals surface area contributed by atoms with E-state index in [1.54, 1.807) is 0 Å². The zero-order valence-corrected chi connectivity index (χ0v) is 37.7. The van der Waals surface area contributed by atoms with Crippen LogP contribution in [-0.2, 0) is 17.9 Å². The summed E-state index contributed by atoms with van der Waals surface area (Å²) in [5, 5.41) is 2.20. The number of imidazole rings is 1. The molecule has 0 amide bonds. The van der Waals surface area contributed by atoms with E-state index in [2.05, 4.69) is 196 Å². The highest BCUT2D eigenvalue weighted by Gasteiger charge is 2.34. The van der Waals surface area contributed by atoms with E-state index in [0.717, 1.165) is 56.0 Å². The SMILES string of the molecule is Cc1ccc2c(oc3cc(-c4ccnc(C(C)C)n4)ccc32)c1-c1n(-c2c(C(C)C)cc(-c3cc(C(C)(C)C)cc(C(C)(C)C)c3)cc2C(C)C)c2ccccc2[n+]1C. The molecule has 0 aliphatic heterocycles. The maximum Gasteiger partial charge on any atom is 0.299 e. The lowest BCUT2D eigenvalue weighted by Gasteiger charge is -2.27. The fourth-order valence-corrected chi connectivity index (χ4v) is 8.65. The van der Waals surface area contributed by atoms with Crippen molar-refractivity contribution >= 4 is 33.0 Å². The predicted octanol–water partition coefficient (Wildman–Crippen LogP) is 14.4. The molecule has 0 N–H and O–H groups in total. The molecule has 0 radical (unpaired) electrons. The van der Waals surface area contributed by atoms with Crippen LogP contribution in [0.25, 0.3) is 72.4 Å². The highest BCUT2D eigenvalue weighted by molar-refractivity contribution is 6.10. The fourth-order valence-electron chi connectivity index (χ4n) is 8.65. The molecule has 302 valence electrons. The number of furan rings is 1. The van der Waals surface area contributed by atoms with Crippen molar-refractivity contribution < 1.29 is 8.98 Å². The van der Waals surface area contributed by atoms with Crippen molar-refractivity contribution in [2.45, 2.75) is 119 Å². The van der Waals surface area contributed by atoms with E-state index in [4.69, 9.17) is 9.40 Å². The molecule has 0 aliphatic carbocycles. The molecule has 8 aromatic rings. The third-order valence-electron chi connectivity index (χ3n) is 12.2. The molecule has 0 fully saturated rings. The van der Waals surface area contributed by atoms with E-state index in [-0.39, 0.29) is 28.6 Å². The van der Waals surface area contributed by atoms with Crippen LogP contribution in [0, 0.1) is 6.92 Å². The average molecular weight is 782 g/mol. The Kier molecular flexibility index (Phi) is 9.97. The number of para-hydroxylation sites is 2. The average Bonchev–Trinajstić information content (AvgIpc) is 3.70. The maximum atomic E-state index is 7.04. The lowest BCUT2D eigenvalue weighted by atomic mass is 9.78. The Morgan fingerprint density at radius 3 is 1.86 bits per heavy atom. The topological polar surface area (TPSA) is 47.7 Å². The van der Waals surface area contributed by atoms with Crippen molar-refractivity contribution in [3.05, 3.63) is 131 Å². The number of aryl methyl sites for hydroxylation is 2. The van der Waals surface area contributed by atoms with Gasteiger partial charge in [0.15, 0.2) is 16.6 Å². The molecule has 0 bridgehead atoms. The monoisotopic (exact) mass is 781 g/mol. The second kappa shape index (κ2) is 14.6. The van der Waals surface area contributed by atoms with Crippen LogP contribution in [0.15, 0.2) is 102 Å². The van der Waals surface area contributed by atoms with E-state index in [9.17, 15) is 0 Å². The first-order valence-electron chi connectivity index (χ1n) is 21.5. The van der Waals surface area contributed by atoms with Crippen LogP contribution in [0.5, 0.6) is 0 Å². The summed E-state index contributed by atoms with van der Waals surface area (Å²) in [4.78, 5) is 9.42. The van der Waals surface area contributed by atoms with Gasteiger partial charge in [-0.3, -0.25) is 0 Å². The number of hydrogen-bond acceptors (Lipinski definition) is 3. The Morgan fingerprint density at radius 1 is 0.644 bits per heavy atom. The van der Waals surface area contributed by atoms with Gasteiger partial charge in [-0.15, -0.1) is 0 Å². The van der Waals surface area contributed by atoms with Crippen molar-refractivity contribution in [1.29, 1.82) is 0 Å². The number of fused-ring (bicyclic) bond motifs is 4. The summed E-state index contributed by atoms with van der Waals surface area (Å²) in [6.07, 6.45) is 1.86. The lowest BCUT2D eigenvalue weighted by Crippen LogP contribution is -2.30. The van der Waals surface area contributed by atoms with Gasteiger partial charge in [0.25, 0.3) is 5.82 Å². The van der Waals surface area contributed by atoms with Crippen LogP contribution < -0.4 is 4.57 Å². The van der Waals surface area contributed by atoms with Crippen LogP contribution >= 0.6 is 0 Å². The molecular formula is C54H61N4O+. The van der Waals surface area contributed by atoms with Gasteiger partial charge in [-0.1, -0.05) is 132 Å². The minimum atomic E-state index is 0.0235. The largest absolute Gasteiger partial charge is 0.455 e. The van der Waals surface area contributed by atoms with E-state index in [1.807, 2.05) is 12.3 Å². The molecule has 0 saturated carbocycles. The smallest absolute Gasteiger partial charge is 0.299 e. The first-order chi connectivity index (χ1) is 27.8. The number of hydrogen-bond donors (Lipinski definition) is 0. The summed E-state index contributed by atoms with van der Waals surface area (Å²) in [5.74, 6) is 2.70. The summed E-state index contributed by atoms with van der Waals surface area (Å²) in [6.45, 7) is 29.8. The molecule has 5 aromatic carbocycles. The first-order valence-corrected chi connectivity index (χ1v) is 21.5. The van der Waals surface area contributed by atoms with Crippen LogP contribution in [0.4, 0.5) is 0 Å². The molecule has 0 unspecified atom stereocenters. The lowest BCUT2D eigenvalue weighted by molar-refractivity contribution is -0.633. The summed E-state index contributed by atoms with van der Waals surface area (Å²) >= 11 is 0. The summed E-state index contributed by atoms with van der Waals surface area (Å²) in [7, 11) is 2.21. The molecule has 5 nitrogen and oxygen atoms in total. The third kappa shape index (κ3) is 7.07. The van der Waals surface area contributed by atoms with Crippen LogP contribution in [-0.4, -0.2) is 14.5 Å². The Balaban J connectivity index is 1.42. The van der Waals surface area contributed by atoms with E-state index in [1.165, 1.54) is 50.1 Å². The molecule has 3 heterocycles. The van der Waals surface area contributed by atoms with E-state index in [0.29, 0.717) is 0 Å². The van der Waals surface area contributed by atoms with E-state index < -0.39 is 0 Å². The summed E-state index contributed by atoms with van der Waals surface area (Å²) in [5.41, 5.74) is 17.5. The van der Waals surface area contributed by atoms with Gasteiger partial charge in [0.2, 0.25) is 0 Å². The molecule has 0 aliphatic rings. The van der Waals surface area contributed by atoms with E-state index >= 15 is 0 Å². The van der Waals surface area contributed by atoms with Crippen molar-refractivity contribution in [3.63, 3.8) is 0 Å². The standard InChI is InChI=1S/C54H61N4O/c1-31(2)42-27-37(36-25-38(53(8,9)10)30-39(26-36)54(11,12)13)28-43(32(3)4)49(42)58-46-18-16-15-17-45(46)57(14)52(58)48-34(7)19-21-41-40-22-20-35(29-47(40)59-50(41)48)44-23-24-55-51(56-44)33(5)6/h15-33H,1-14H3/q+1. The number of rotatable bonds is 7. The van der Waals surface area contributed by atoms with Gasteiger partial charge in [-0.05, 0) is 99.9 Å². The van der Waals surface area contributed by atoms with Gasteiger partial charge in [0.1, 0.15) is 22.7 Å². The van der Waals surface area contributed by atoms with Crippen LogP contribution in [0.1, 0.15) is 134 Å². The molecule has 8 rings (SSSR count). The fraction of sp³-hybridized carbons (Fsp3) is 0.352. The maximum absolute atomic E-state index is 7.04. The van der Waals surface area contributed by atoms with Gasteiger partial charge in [0.05, 0.1) is 12.7 Å². The van der Waals surface area contributed by atoms with Gasteiger partial charge < -0.3 is 4.42 Å². The number of aromatic nitrogens is 4. The minimum Gasteiger partial charge on any atom is -0.455 e. The molecule has 3 aromatic heterocycles. The zero-order chi connectivity index (χ0) is 42.3. The van der Waals surface area contributed by atoms with Crippen molar-refractivity contribution in [1.82, 2.24) is 14.5 Å². The number of nitrogens with zero attached hydrogens (tertiary/aromatic N) is 4. The Bertz CT molecular complexity index is 2840. The Hall–Kier alpha value is -5.55. The third-order valence-corrected chi connectivity index (χ3v) is 12.2. The number of benzene rings is 5. The second-order valence-electron chi connectivity index (χ2n) is 19.7. The van der Waals surface area contributed by atoms with Crippen LogP contribution in [0.2, 0.25) is 0 Å². The molecule has 0 atom stereocenters. The highest BCUT2D eigenvalue weighted by Crippen LogP contribution is 2.44. The Labute approximate surface area is 351 Å². The molecule has 0 spiro atoms. The second-order valence-corrected chi connectivity index (χ2v) is 19.7. The van der Waals surface area contributed by atoms with Gasteiger partial charge in [-0.25, -0.2) is 14.5 Å². The molecule has 5 heteroatoms. The molecule has 0 saturated heterocycles. The summed E-state index contributed by atoms with van der Waals surface area (Å²) < 4.78 is 12.0. The van der Waals surface area contributed by atoms with Crippen molar-refractivity contribution in [2.24, 2.45) is 7.05 Å².